The normalized spacial score (nSPS) is 14.0. The first kappa shape index (κ1) is 31.0. The smallest absolute Gasteiger partial charge is 0.326 e. The highest BCUT2D eigenvalue weighted by molar-refractivity contribution is 5.96. The Labute approximate surface area is 212 Å². The zero-order valence-electron chi connectivity index (χ0n) is 20.1. The van der Waals surface area contributed by atoms with Gasteiger partial charge in [-0.15, -0.1) is 0 Å². The molecule has 37 heavy (non-hydrogen) atoms. The van der Waals surface area contributed by atoms with Gasteiger partial charge in [-0.2, -0.15) is 0 Å². The van der Waals surface area contributed by atoms with Crippen molar-refractivity contribution in [2.75, 3.05) is 6.54 Å². The van der Waals surface area contributed by atoms with Crippen LogP contribution in [0.4, 0.5) is 0 Å². The maximum Gasteiger partial charge on any atom is 0.326 e. The number of hydrogen-bond donors (Lipinski definition) is 9. The molecule has 0 saturated carbocycles. The van der Waals surface area contributed by atoms with E-state index >= 15 is 0 Å². The Morgan fingerprint density at radius 2 is 1.54 bits per heavy atom. The number of hydrogen-bond acceptors (Lipinski definition) is 9. The van der Waals surface area contributed by atoms with Gasteiger partial charge in [0.2, 0.25) is 23.6 Å². The number of primary amides is 1. The van der Waals surface area contributed by atoms with Crippen LogP contribution in [0.5, 0.6) is 0 Å². The minimum atomic E-state index is -1.54. The highest BCUT2D eigenvalue weighted by Crippen LogP contribution is 2.05. The fourth-order valence-corrected chi connectivity index (χ4v) is 3.22. The largest absolute Gasteiger partial charge is 0.481 e. The summed E-state index contributed by atoms with van der Waals surface area (Å²) in [5.74, 6) is -6.09. The van der Waals surface area contributed by atoms with Crippen LogP contribution < -0.4 is 33.2 Å². The van der Waals surface area contributed by atoms with Crippen LogP contribution in [-0.4, -0.2) is 86.5 Å². The SMILES string of the molecule is NCCCCC(NC(=O)C(CC(N)=O)NC(=O)C(Cc1cnc[nH]1)NC(=O)C(N)CCC(=O)O)C(=O)O. The summed E-state index contributed by atoms with van der Waals surface area (Å²) in [5.41, 5.74) is 16.8. The molecule has 1 aromatic heterocycles. The molecule has 16 heteroatoms. The number of imidazole rings is 1. The second-order valence-corrected chi connectivity index (χ2v) is 8.30. The zero-order valence-corrected chi connectivity index (χ0v) is 20.1. The molecule has 0 bridgehead atoms. The number of H-pyrrole nitrogens is 1. The molecule has 1 heterocycles. The van der Waals surface area contributed by atoms with Gasteiger partial charge in [0.05, 0.1) is 18.8 Å². The van der Waals surface area contributed by atoms with Crippen molar-refractivity contribution in [3.05, 3.63) is 18.2 Å². The first-order valence-corrected chi connectivity index (χ1v) is 11.5. The fraction of sp³-hybridized carbons (Fsp3) is 0.571. The number of rotatable bonds is 18. The summed E-state index contributed by atoms with van der Waals surface area (Å²) in [6.07, 6.45) is 2.43. The number of nitrogens with zero attached hydrogens (tertiary/aromatic N) is 1. The molecule has 206 valence electrons. The highest BCUT2D eigenvalue weighted by Gasteiger charge is 2.31. The van der Waals surface area contributed by atoms with Gasteiger partial charge < -0.3 is 48.3 Å². The van der Waals surface area contributed by atoms with Gasteiger partial charge in [-0.05, 0) is 32.2 Å². The maximum absolute atomic E-state index is 13.1. The Hall–Kier alpha value is -4.05. The molecular formula is C21H34N8O8. The number of carboxylic acid groups (broad SMARTS) is 2. The van der Waals surface area contributed by atoms with Crippen LogP contribution in [0.3, 0.4) is 0 Å². The molecule has 12 N–H and O–H groups in total. The molecule has 0 fully saturated rings. The van der Waals surface area contributed by atoms with Gasteiger partial charge in [0.15, 0.2) is 0 Å². The number of carbonyl (C=O) groups is 6. The van der Waals surface area contributed by atoms with Crippen LogP contribution >= 0.6 is 0 Å². The van der Waals surface area contributed by atoms with Gasteiger partial charge >= 0.3 is 11.9 Å². The number of carbonyl (C=O) groups excluding carboxylic acids is 4. The van der Waals surface area contributed by atoms with Gasteiger partial charge in [-0.25, -0.2) is 9.78 Å². The van der Waals surface area contributed by atoms with Crippen molar-refractivity contribution in [1.82, 2.24) is 25.9 Å². The Balaban J connectivity index is 3.01. The Morgan fingerprint density at radius 1 is 0.919 bits per heavy atom. The van der Waals surface area contributed by atoms with E-state index in [0.29, 0.717) is 25.1 Å². The van der Waals surface area contributed by atoms with Gasteiger partial charge in [0.1, 0.15) is 18.1 Å². The van der Waals surface area contributed by atoms with E-state index in [4.69, 9.17) is 22.3 Å². The number of unbranched alkanes of at least 4 members (excludes halogenated alkanes) is 1. The summed E-state index contributed by atoms with van der Waals surface area (Å²) in [7, 11) is 0. The van der Waals surface area contributed by atoms with Crippen LogP contribution in [0.25, 0.3) is 0 Å². The van der Waals surface area contributed by atoms with Gasteiger partial charge in [-0.3, -0.25) is 24.0 Å². The van der Waals surface area contributed by atoms with Crippen molar-refractivity contribution in [1.29, 1.82) is 0 Å². The minimum absolute atomic E-state index is 0.0717. The summed E-state index contributed by atoms with van der Waals surface area (Å²) in [4.78, 5) is 78.8. The van der Waals surface area contributed by atoms with E-state index < -0.39 is 66.2 Å². The third-order valence-corrected chi connectivity index (χ3v) is 5.22. The summed E-state index contributed by atoms with van der Waals surface area (Å²) in [6, 6.07) is -5.38. The third kappa shape index (κ3) is 12.0. The number of amides is 4. The molecule has 4 amide bonds. The molecule has 0 aromatic carbocycles. The van der Waals surface area contributed by atoms with Crippen LogP contribution in [-0.2, 0) is 35.2 Å². The Morgan fingerprint density at radius 3 is 2.08 bits per heavy atom. The van der Waals surface area contributed by atoms with Gasteiger partial charge in [0.25, 0.3) is 0 Å². The average molecular weight is 527 g/mol. The Kier molecular flexibility index (Phi) is 13.3. The molecule has 0 radical (unpaired) electrons. The lowest BCUT2D eigenvalue weighted by atomic mass is 10.1. The molecule has 0 aliphatic heterocycles. The number of nitrogens with two attached hydrogens (primary N) is 3. The van der Waals surface area contributed by atoms with Crippen molar-refractivity contribution in [2.24, 2.45) is 17.2 Å². The van der Waals surface area contributed by atoms with E-state index in [2.05, 4.69) is 25.9 Å². The second-order valence-electron chi connectivity index (χ2n) is 8.30. The van der Waals surface area contributed by atoms with Crippen molar-refractivity contribution in [2.45, 2.75) is 69.1 Å². The van der Waals surface area contributed by atoms with E-state index in [1.54, 1.807) is 0 Å². The van der Waals surface area contributed by atoms with E-state index in [1.807, 2.05) is 0 Å². The lowest BCUT2D eigenvalue weighted by Crippen LogP contribution is -2.58. The fourth-order valence-electron chi connectivity index (χ4n) is 3.22. The number of aliphatic carboxylic acids is 2. The summed E-state index contributed by atoms with van der Waals surface area (Å²) in [6.45, 7) is 0.337. The maximum atomic E-state index is 13.1. The number of nitrogens with one attached hydrogen (secondary N) is 4. The van der Waals surface area contributed by atoms with Crippen LogP contribution in [0.1, 0.15) is 44.2 Å². The topological polar surface area (TPSA) is 286 Å². The molecule has 0 aliphatic carbocycles. The molecule has 4 atom stereocenters. The van der Waals surface area contributed by atoms with E-state index in [9.17, 15) is 33.9 Å². The van der Waals surface area contributed by atoms with Crippen molar-refractivity contribution in [3.63, 3.8) is 0 Å². The highest BCUT2D eigenvalue weighted by atomic mass is 16.4. The van der Waals surface area contributed by atoms with E-state index in [-0.39, 0.29) is 25.7 Å². The first-order chi connectivity index (χ1) is 17.4. The average Bonchev–Trinajstić information content (AvgIpc) is 3.33. The first-order valence-electron chi connectivity index (χ1n) is 11.5. The summed E-state index contributed by atoms with van der Waals surface area (Å²) >= 11 is 0. The predicted octanol–water partition coefficient (Wildman–Crippen LogP) is -3.31. The summed E-state index contributed by atoms with van der Waals surface area (Å²) < 4.78 is 0. The molecule has 0 aliphatic rings. The van der Waals surface area contributed by atoms with Gasteiger partial charge in [-0.1, -0.05) is 0 Å². The quantitative estimate of drug-likeness (QED) is 0.0853. The number of aromatic nitrogens is 2. The molecule has 16 nitrogen and oxygen atoms in total. The van der Waals surface area contributed by atoms with Crippen molar-refractivity contribution in [3.8, 4) is 0 Å². The number of carboxylic acids is 2. The molecule has 4 unspecified atom stereocenters. The third-order valence-electron chi connectivity index (χ3n) is 5.22. The Bertz CT molecular complexity index is 939. The molecule has 1 rings (SSSR count). The molecule has 0 saturated heterocycles. The zero-order chi connectivity index (χ0) is 28.0. The van der Waals surface area contributed by atoms with Crippen molar-refractivity contribution >= 4 is 35.6 Å². The molecule has 0 spiro atoms. The second kappa shape index (κ2) is 15.8. The van der Waals surface area contributed by atoms with Crippen LogP contribution in [0.15, 0.2) is 12.5 Å². The lowest BCUT2D eigenvalue weighted by Gasteiger charge is -2.24. The van der Waals surface area contributed by atoms with E-state index in [1.165, 1.54) is 12.5 Å². The standard InChI is InChI=1S/C21H34N8O8/c22-6-2-1-3-13(21(36)37)27-20(35)15(8-16(24)30)29-19(34)14(7-11-9-25-10-26-11)28-18(33)12(23)4-5-17(31)32/h9-10,12-15H,1-8,22-23H2,(H2,24,30)(H,25,26)(H,27,35)(H,28,33)(H,29,34)(H,31,32)(H,36,37). The summed E-state index contributed by atoms with van der Waals surface area (Å²) in [5, 5.41) is 25.2. The lowest BCUT2D eigenvalue weighted by molar-refractivity contribution is -0.142. The monoisotopic (exact) mass is 526 g/mol. The predicted molar refractivity (Wildman–Crippen MR) is 127 cm³/mol. The van der Waals surface area contributed by atoms with Crippen LogP contribution in [0.2, 0.25) is 0 Å². The van der Waals surface area contributed by atoms with Crippen LogP contribution in [0, 0.1) is 0 Å². The minimum Gasteiger partial charge on any atom is -0.481 e. The van der Waals surface area contributed by atoms with Crippen molar-refractivity contribution < 1.29 is 39.0 Å². The van der Waals surface area contributed by atoms with E-state index in [0.717, 1.165) is 0 Å². The molecular weight excluding hydrogens is 492 g/mol. The van der Waals surface area contributed by atoms with Gasteiger partial charge in [0, 0.05) is 24.7 Å². The molecule has 1 aromatic rings. The number of aromatic amines is 1.